The summed E-state index contributed by atoms with van der Waals surface area (Å²) in [5.41, 5.74) is 14.8. The van der Waals surface area contributed by atoms with Gasteiger partial charge in [-0.2, -0.15) is 4.98 Å². The van der Waals surface area contributed by atoms with Gasteiger partial charge >= 0.3 is 0 Å². The van der Waals surface area contributed by atoms with E-state index < -0.39 is 0 Å². The van der Waals surface area contributed by atoms with Gasteiger partial charge in [0.1, 0.15) is 5.82 Å². The molecule has 1 aliphatic rings. The van der Waals surface area contributed by atoms with E-state index in [1.165, 1.54) is 5.56 Å². The summed E-state index contributed by atoms with van der Waals surface area (Å²) < 4.78 is 6.19. The first-order valence-corrected chi connectivity index (χ1v) is 9.85. The zero-order valence-electron chi connectivity index (χ0n) is 15.6. The van der Waals surface area contributed by atoms with Crippen molar-refractivity contribution in [3.63, 3.8) is 0 Å². The van der Waals surface area contributed by atoms with Crippen molar-refractivity contribution in [2.75, 3.05) is 24.6 Å². The number of hydrogen-bond acceptors (Lipinski definition) is 6. The van der Waals surface area contributed by atoms with E-state index in [4.69, 9.17) is 27.8 Å². The minimum Gasteiger partial charge on any atom is -0.383 e. The summed E-state index contributed by atoms with van der Waals surface area (Å²) in [5.74, 6) is 0.591. The Balaban J connectivity index is 1.34. The Morgan fingerprint density at radius 3 is 2.64 bits per heavy atom. The van der Waals surface area contributed by atoms with Crippen LogP contribution in [-0.4, -0.2) is 34.1 Å². The smallest absolute Gasteiger partial charge is 0.222 e. The van der Waals surface area contributed by atoms with Gasteiger partial charge in [-0.25, -0.2) is 4.98 Å². The largest absolute Gasteiger partial charge is 0.383 e. The lowest BCUT2D eigenvalue weighted by atomic mass is 10.1. The first kappa shape index (κ1) is 18.9. The average molecular weight is 398 g/mol. The Morgan fingerprint density at radius 1 is 1.07 bits per heavy atom. The van der Waals surface area contributed by atoms with Gasteiger partial charge < -0.3 is 16.2 Å². The number of ether oxygens (including phenoxy) is 1. The number of likely N-dealkylation sites (tertiary alicyclic amines) is 1. The number of nitrogens with two attached hydrogens (primary N) is 2. The van der Waals surface area contributed by atoms with Crippen molar-refractivity contribution in [2.24, 2.45) is 0 Å². The number of benzene rings is 2. The molecule has 0 bridgehead atoms. The molecule has 0 aliphatic carbocycles. The molecule has 6 nitrogen and oxygen atoms in total. The number of rotatable bonds is 5. The predicted octanol–water partition coefficient (Wildman–Crippen LogP) is 3.63. The van der Waals surface area contributed by atoms with Crippen LogP contribution in [0.2, 0.25) is 5.02 Å². The molecule has 0 radical (unpaired) electrons. The van der Waals surface area contributed by atoms with Crippen molar-refractivity contribution >= 4 is 34.3 Å². The maximum Gasteiger partial charge on any atom is 0.222 e. The van der Waals surface area contributed by atoms with Crippen LogP contribution in [0, 0.1) is 0 Å². The standard InChI is InChI=1S/C21H24ClN5O/c22-16-5-1-3-14(11-16)12-27-9-7-17(8-10-27)28-13-15-4-2-6-18-19(15)20(23)26-21(24)25-18/h1-6,11,17H,7-10,12-13H2,(H4,23,24,25,26). The summed E-state index contributed by atoms with van der Waals surface area (Å²) in [4.78, 5) is 10.8. The first-order valence-electron chi connectivity index (χ1n) is 9.47. The highest BCUT2D eigenvalue weighted by Crippen LogP contribution is 2.25. The monoisotopic (exact) mass is 397 g/mol. The van der Waals surface area contributed by atoms with E-state index >= 15 is 0 Å². The minimum atomic E-state index is 0.190. The lowest BCUT2D eigenvalue weighted by molar-refractivity contribution is -0.00349. The molecular weight excluding hydrogens is 374 g/mol. The maximum atomic E-state index is 6.19. The molecule has 0 spiro atoms. The first-order chi connectivity index (χ1) is 13.6. The molecule has 3 aromatic rings. The molecule has 1 aliphatic heterocycles. The molecule has 28 heavy (non-hydrogen) atoms. The number of hydrogen-bond donors (Lipinski definition) is 2. The van der Waals surface area contributed by atoms with Crippen LogP contribution in [-0.2, 0) is 17.9 Å². The molecule has 4 rings (SSSR count). The highest BCUT2D eigenvalue weighted by Gasteiger charge is 2.20. The van der Waals surface area contributed by atoms with Gasteiger partial charge in [0.2, 0.25) is 5.95 Å². The number of piperidine rings is 1. The van der Waals surface area contributed by atoms with Crippen LogP contribution in [0.4, 0.5) is 11.8 Å². The Kier molecular flexibility index (Phi) is 5.62. The van der Waals surface area contributed by atoms with Gasteiger partial charge in [-0.3, -0.25) is 4.90 Å². The highest BCUT2D eigenvalue weighted by atomic mass is 35.5. The number of nitrogens with zero attached hydrogens (tertiary/aromatic N) is 3. The van der Waals surface area contributed by atoms with Crippen molar-refractivity contribution in [2.45, 2.75) is 32.1 Å². The van der Waals surface area contributed by atoms with E-state index in [-0.39, 0.29) is 12.1 Å². The van der Waals surface area contributed by atoms with Crippen LogP contribution in [0.3, 0.4) is 0 Å². The Morgan fingerprint density at radius 2 is 1.86 bits per heavy atom. The second-order valence-electron chi connectivity index (χ2n) is 7.19. The highest BCUT2D eigenvalue weighted by molar-refractivity contribution is 6.30. The van der Waals surface area contributed by atoms with Crippen LogP contribution < -0.4 is 11.5 Å². The van der Waals surface area contributed by atoms with Crippen molar-refractivity contribution in [3.05, 3.63) is 58.6 Å². The van der Waals surface area contributed by atoms with Gasteiger partial charge in [-0.05, 0) is 42.2 Å². The fourth-order valence-electron chi connectivity index (χ4n) is 3.76. The lowest BCUT2D eigenvalue weighted by Gasteiger charge is -2.32. The Bertz CT molecular complexity index is 972. The van der Waals surface area contributed by atoms with Crippen molar-refractivity contribution < 1.29 is 4.74 Å². The zero-order chi connectivity index (χ0) is 19.5. The van der Waals surface area contributed by atoms with Crippen molar-refractivity contribution in [3.8, 4) is 0 Å². The van der Waals surface area contributed by atoms with Gasteiger partial charge in [0.25, 0.3) is 0 Å². The van der Waals surface area contributed by atoms with Crippen LogP contribution in [0.5, 0.6) is 0 Å². The number of anilines is 2. The third kappa shape index (κ3) is 4.35. The summed E-state index contributed by atoms with van der Waals surface area (Å²) in [7, 11) is 0. The predicted molar refractivity (Wildman–Crippen MR) is 113 cm³/mol. The molecule has 0 amide bonds. The summed E-state index contributed by atoms with van der Waals surface area (Å²) in [6.07, 6.45) is 2.25. The molecule has 0 unspecified atom stereocenters. The summed E-state index contributed by atoms with van der Waals surface area (Å²) >= 11 is 6.08. The Labute approximate surface area is 169 Å². The average Bonchev–Trinajstić information content (AvgIpc) is 2.67. The fourth-order valence-corrected chi connectivity index (χ4v) is 3.97. The van der Waals surface area contributed by atoms with E-state index in [9.17, 15) is 0 Å². The summed E-state index contributed by atoms with van der Waals surface area (Å²) in [5, 5.41) is 1.62. The second kappa shape index (κ2) is 8.31. The van der Waals surface area contributed by atoms with E-state index in [2.05, 4.69) is 20.9 Å². The molecule has 1 saturated heterocycles. The van der Waals surface area contributed by atoms with Crippen LogP contribution in [0.25, 0.3) is 10.9 Å². The normalized spacial score (nSPS) is 15.9. The second-order valence-corrected chi connectivity index (χ2v) is 7.63. The molecule has 1 fully saturated rings. The van der Waals surface area contributed by atoms with E-state index in [1.807, 2.05) is 36.4 Å². The molecule has 4 N–H and O–H groups in total. The number of halogens is 1. The molecule has 0 atom stereocenters. The van der Waals surface area contributed by atoms with Gasteiger partial charge in [-0.1, -0.05) is 35.9 Å². The minimum absolute atomic E-state index is 0.190. The van der Waals surface area contributed by atoms with Gasteiger partial charge in [0.05, 0.1) is 18.2 Å². The molecule has 1 aromatic heterocycles. The number of aromatic nitrogens is 2. The maximum absolute atomic E-state index is 6.19. The van der Waals surface area contributed by atoms with E-state index in [0.717, 1.165) is 54.0 Å². The van der Waals surface area contributed by atoms with Gasteiger partial charge in [0.15, 0.2) is 0 Å². The summed E-state index contributed by atoms with van der Waals surface area (Å²) in [6, 6.07) is 13.9. The summed E-state index contributed by atoms with van der Waals surface area (Å²) in [6.45, 7) is 3.43. The van der Waals surface area contributed by atoms with Crippen LogP contribution in [0.15, 0.2) is 42.5 Å². The Hall–Kier alpha value is -2.41. The molecular formula is C21H24ClN5O. The third-order valence-electron chi connectivity index (χ3n) is 5.16. The number of fused-ring (bicyclic) bond motifs is 1. The lowest BCUT2D eigenvalue weighted by Crippen LogP contribution is -2.36. The molecule has 2 aromatic carbocycles. The third-order valence-corrected chi connectivity index (χ3v) is 5.39. The molecule has 146 valence electrons. The molecule has 7 heteroatoms. The molecule has 0 saturated carbocycles. The topological polar surface area (TPSA) is 90.3 Å². The number of nitrogen functional groups attached to an aromatic ring is 2. The van der Waals surface area contributed by atoms with E-state index in [0.29, 0.717) is 12.4 Å². The van der Waals surface area contributed by atoms with Crippen molar-refractivity contribution in [1.29, 1.82) is 0 Å². The van der Waals surface area contributed by atoms with Gasteiger partial charge in [0, 0.05) is 30.0 Å². The quantitative estimate of drug-likeness (QED) is 0.683. The fraction of sp³-hybridized carbons (Fsp3) is 0.333. The van der Waals surface area contributed by atoms with Gasteiger partial charge in [-0.15, -0.1) is 0 Å². The van der Waals surface area contributed by atoms with Crippen molar-refractivity contribution in [1.82, 2.24) is 14.9 Å². The van der Waals surface area contributed by atoms with Crippen LogP contribution >= 0.6 is 11.6 Å². The molecule has 2 heterocycles. The van der Waals surface area contributed by atoms with Crippen LogP contribution in [0.1, 0.15) is 24.0 Å². The SMILES string of the molecule is Nc1nc(N)c2c(COC3CCN(Cc4cccc(Cl)c4)CC3)cccc2n1. The zero-order valence-corrected chi connectivity index (χ0v) is 16.4. The van der Waals surface area contributed by atoms with E-state index in [1.54, 1.807) is 0 Å².